The molecule has 0 saturated carbocycles. The highest BCUT2D eigenvalue weighted by atomic mass is 32.1. The maximum absolute atomic E-state index is 11.2. The van der Waals surface area contributed by atoms with Gasteiger partial charge in [0.2, 0.25) is 0 Å². The fourth-order valence-electron chi connectivity index (χ4n) is 2.03. The molecule has 1 heterocycles. The predicted molar refractivity (Wildman–Crippen MR) is 81.1 cm³/mol. The molecule has 1 aromatic heterocycles. The van der Waals surface area contributed by atoms with Gasteiger partial charge in [-0.25, -0.2) is 4.79 Å². The van der Waals surface area contributed by atoms with Crippen LogP contribution in [0.2, 0.25) is 0 Å². The smallest absolute Gasteiger partial charge is 0.342 e. The molecule has 110 valence electrons. The normalized spacial score (nSPS) is 10.3. The number of nitro groups is 1. The molecular formula is C14H14N2O4S. The van der Waals surface area contributed by atoms with Crippen molar-refractivity contribution in [3.05, 3.63) is 56.3 Å². The summed E-state index contributed by atoms with van der Waals surface area (Å²) < 4.78 is 0. The number of nitrogens with zero attached hydrogens (tertiary/aromatic N) is 2. The Morgan fingerprint density at radius 1 is 1.43 bits per heavy atom. The van der Waals surface area contributed by atoms with E-state index in [9.17, 15) is 14.9 Å². The number of thiophene rings is 1. The summed E-state index contributed by atoms with van der Waals surface area (Å²) in [7, 11) is 0. The van der Waals surface area contributed by atoms with Gasteiger partial charge in [-0.2, -0.15) is 0 Å². The van der Waals surface area contributed by atoms with Crippen molar-refractivity contribution < 1.29 is 14.8 Å². The zero-order valence-electron chi connectivity index (χ0n) is 11.4. The van der Waals surface area contributed by atoms with Crippen LogP contribution in [0.25, 0.3) is 0 Å². The molecule has 6 nitrogen and oxygen atoms in total. The second-order valence-electron chi connectivity index (χ2n) is 4.36. The molecule has 0 bridgehead atoms. The van der Waals surface area contributed by atoms with E-state index in [2.05, 4.69) is 0 Å². The van der Waals surface area contributed by atoms with Crippen LogP contribution in [0.3, 0.4) is 0 Å². The van der Waals surface area contributed by atoms with Crippen LogP contribution in [0.15, 0.2) is 35.7 Å². The molecule has 2 rings (SSSR count). The summed E-state index contributed by atoms with van der Waals surface area (Å²) in [5.41, 5.74) is -0.0190. The molecule has 0 saturated heterocycles. The van der Waals surface area contributed by atoms with Gasteiger partial charge < -0.3 is 10.0 Å². The number of hydrogen-bond donors (Lipinski definition) is 1. The third kappa shape index (κ3) is 3.38. The third-order valence-corrected chi connectivity index (χ3v) is 3.94. The standard InChI is InChI=1S/C14H14N2O4S/c1-2-15(9-11-4-3-7-21-11)10-5-6-13(16(19)20)12(8-10)14(17)18/h3-8H,2,9H2,1H3,(H,17,18). The molecule has 0 fully saturated rings. The van der Waals surface area contributed by atoms with E-state index < -0.39 is 16.6 Å². The zero-order valence-corrected chi connectivity index (χ0v) is 12.2. The van der Waals surface area contributed by atoms with E-state index in [-0.39, 0.29) is 5.56 Å². The fraction of sp³-hybridized carbons (Fsp3) is 0.214. The van der Waals surface area contributed by atoms with Crippen LogP contribution in [-0.4, -0.2) is 22.5 Å². The molecule has 7 heteroatoms. The van der Waals surface area contributed by atoms with Crippen LogP contribution in [0.1, 0.15) is 22.2 Å². The van der Waals surface area contributed by atoms with E-state index in [4.69, 9.17) is 5.11 Å². The highest BCUT2D eigenvalue weighted by molar-refractivity contribution is 7.09. The highest BCUT2D eigenvalue weighted by Gasteiger charge is 2.21. The van der Waals surface area contributed by atoms with Crippen molar-refractivity contribution >= 4 is 28.7 Å². The van der Waals surface area contributed by atoms with Crippen LogP contribution in [0.5, 0.6) is 0 Å². The number of carboxylic acid groups (broad SMARTS) is 1. The molecule has 0 radical (unpaired) electrons. The van der Waals surface area contributed by atoms with Crippen LogP contribution < -0.4 is 4.90 Å². The largest absolute Gasteiger partial charge is 0.477 e. The summed E-state index contributed by atoms with van der Waals surface area (Å²) in [6, 6.07) is 8.14. The lowest BCUT2D eigenvalue weighted by Crippen LogP contribution is -2.22. The summed E-state index contributed by atoms with van der Waals surface area (Å²) in [4.78, 5) is 24.5. The van der Waals surface area contributed by atoms with Gasteiger partial charge in [-0.3, -0.25) is 10.1 Å². The molecule has 0 aliphatic rings. The summed E-state index contributed by atoms with van der Waals surface area (Å²) in [5.74, 6) is -1.30. The molecule has 0 aliphatic carbocycles. The van der Waals surface area contributed by atoms with Crippen molar-refractivity contribution in [2.45, 2.75) is 13.5 Å². The Morgan fingerprint density at radius 3 is 2.71 bits per heavy atom. The first-order valence-electron chi connectivity index (χ1n) is 6.32. The summed E-state index contributed by atoms with van der Waals surface area (Å²) in [6.45, 7) is 3.27. The van der Waals surface area contributed by atoms with Crippen molar-refractivity contribution in [3.8, 4) is 0 Å². The van der Waals surface area contributed by atoms with Crippen LogP contribution >= 0.6 is 11.3 Å². The molecule has 2 aromatic rings. The van der Waals surface area contributed by atoms with Crippen molar-refractivity contribution in [2.24, 2.45) is 0 Å². The Morgan fingerprint density at radius 2 is 2.19 bits per heavy atom. The number of aromatic carboxylic acids is 1. The fourth-order valence-corrected chi connectivity index (χ4v) is 2.75. The van der Waals surface area contributed by atoms with Crippen molar-refractivity contribution in [3.63, 3.8) is 0 Å². The average Bonchev–Trinajstić information content (AvgIpc) is 2.97. The zero-order chi connectivity index (χ0) is 15.4. The SMILES string of the molecule is CCN(Cc1cccs1)c1ccc([N+](=O)[O-])c(C(=O)O)c1. The van der Waals surface area contributed by atoms with Gasteiger partial charge >= 0.3 is 5.97 Å². The Hall–Kier alpha value is -2.41. The molecule has 1 aromatic carbocycles. The second-order valence-corrected chi connectivity index (χ2v) is 5.39. The molecular weight excluding hydrogens is 292 g/mol. The van der Waals surface area contributed by atoms with Crippen molar-refractivity contribution in [1.29, 1.82) is 0 Å². The lowest BCUT2D eigenvalue weighted by molar-refractivity contribution is -0.385. The topological polar surface area (TPSA) is 83.7 Å². The molecule has 21 heavy (non-hydrogen) atoms. The Labute approximate surface area is 125 Å². The minimum absolute atomic E-state index is 0.290. The number of benzene rings is 1. The summed E-state index contributed by atoms with van der Waals surface area (Å²) in [6.07, 6.45) is 0. The Bertz CT molecular complexity index is 655. The molecule has 1 N–H and O–H groups in total. The first-order valence-corrected chi connectivity index (χ1v) is 7.20. The van der Waals surface area contributed by atoms with Crippen LogP contribution in [0.4, 0.5) is 11.4 Å². The average molecular weight is 306 g/mol. The number of nitro benzene ring substituents is 1. The molecule has 0 amide bonds. The van der Waals surface area contributed by atoms with Gasteiger partial charge in [-0.1, -0.05) is 6.07 Å². The van der Waals surface area contributed by atoms with Gasteiger partial charge in [0, 0.05) is 23.2 Å². The van der Waals surface area contributed by atoms with E-state index in [1.165, 1.54) is 12.1 Å². The van der Waals surface area contributed by atoms with E-state index in [0.717, 1.165) is 4.88 Å². The van der Waals surface area contributed by atoms with Gasteiger partial charge in [-0.15, -0.1) is 11.3 Å². The molecule has 0 spiro atoms. The number of anilines is 1. The van der Waals surface area contributed by atoms with Gasteiger partial charge in [0.25, 0.3) is 5.69 Å². The maximum Gasteiger partial charge on any atom is 0.342 e. The Balaban J connectivity index is 2.35. The molecule has 0 atom stereocenters. The van der Waals surface area contributed by atoms with Crippen LogP contribution in [0, 0.1) is 10.1 Å². The minimum Gasteiger partial charge on any atom is -0.477 e. The Kier molecular flexibility index (Phi) is 4.54. The minimum atomic E-state index is -1.30. The summed E-state index contributed by atoms with van der Waals surface area (Å²) in [5, 5.41) is 22.0. The van der Waals surface area contributed by atoms with Gasteiger partial charge in [0.15, 0.2) is 0 Å². The number of carboxylic acids is 1. The quantitative estimate of drug-likeness (QED) is 0.653. The lowest BCUT2D eigenvalue weighted by atomic mass is 10.1. The highest BCUT2D eigenvalue weighted by Crippen LogP contribution is 2.26. The first-order chi connectivity index (χ1) is 10.0. The second kappa shape index (κ2) is 6.36. The predicted octanol–water partition coefficient (Wildman–Crippen LogP) is 3.38. The maximum atomic E-state index is 11.2. The number of hydrogen-bond acceptors (Lipinski definition) is 5. The molecule has 0 aliphatic heterocycles. The van der Waals surface area contributed by atoms with Gasteiger partial charge in [0.1, 0.15) is 5.56 Å². The number of rotatable bonds is 6. The van der Waals surface area contributed by atoms with Crippen molar-refractivity contribution in [1.82, 2.24) is 0 Å². The number of carbonyl (C=O) groups is 1. The van der Waals surface area contributed by atoms with E-state index in [0.29, 0.717) is 18.8 Å². The molecule has 0 unspecified atom stereocenters. The van der Waals surface area contributed by atoms with Gasteiger partial charge in [-0.05, 0) is 30.5 Å². The summed E-state index contributed by atoms with van der Waals surface area (Å²) >= 11 is 1.61. The first kappa shape index (κ1) is 15.0. The van der Waals surface area contributed by atoms with E-state index in [1.807, 2.05) is 29.3 Å². The monoisotopic (exact) mass is 306 g/mol. The third-order valence-electron chi connectivity index (χ3n) is 3.08. The van der Waals surface area contributed by atoms with E-state index in [1.54, 1.807) is 17.4 Å². The van der Waals surface area contributed by atoms with Crippen LogP contribution in [-0.2, 0) is 6.54 Å². The van der Waals surface area contributed by atoms with Crippen molar-refractivity contribution in [2.75, 3.05) is 11.4 Å². The van der Waals surface area contributed by atoms with E-state index >= 15 is 0 Å². The lowest BCUT2D eigenvalue weighted by Gasteiger charge is -2.22. The van der Waals surface area contributed by atoms with Gasteiger partial charge in [0.05, 0.1) is 11.5 Å².